The largest absolute Gasteiger partial charge is 0.497 e. The topological polar surface area (TPSA) is 38.3 Å². The minimum atomic E-state index is 0.173. The molecule has 1 N–H and O–H groups in total. The fourth-order valence-corrected chi connectivity index (χ4v) is 3.76. The van der Waals surface area contributed by atoms with Crippen molar-refractivity contribution in [2.45, 2.75) is 32.6 Å². The first kappa shape index (κ1) is 14.2. The van der Waals surface area contributed by atoms with Crippen molar-refractivity contribution in [3.8, 4) is 5.75 Å². The Bertz CT molecular complexity index is 564. The molecule has 1 fully saturated rings. The smallest absolute Gasteiger partial charge is 0.224 e. The Kier molecular flexibility index (Phi) is 4.00. The number of hydrogen-bond donors (Lipinski definition) is 1. The van der Waals surface area contributed by atoms with Crippen LogP contribution in [0.4, 0.5) is 0 Å². The van der Waals surface area contributed by atoms with E-state index in [0.717, 1.165) is 24.3 Å². The first-order valence-electron chi connectivity index (χ1n) is 7.80. The van der Waals surface area contributed by atoms with E-state index < -0.39 is 0 Å². The molecule has 0 saturated carbocycles. The number of piperidine rings is 1. The molecular weight excluding hydrogens is 262 g/mol. The Morgan fingerprint density at radius 3 is 3.05 bits per heavy atom. The second kappa shape index (κ2) is 5.92. The lowest BCUT2D eigenvalue weighted by Gasteiger charge is -2.38. The maximum Gasteiger partial charge on any atom is 0.224 e. The Morgan fingerprint density at radius 2 is 2.24 bits per heavy atom. The Balaban J connectivity index is 1.78. The normalized spacial score (nSPS) is 28.4. The monoisotopic (exact) mass is 285 g/mol. The van der Waals surface area contributed by atoms with Gasteiger partial charge in [0.25, 0.3) is 0 Å². The molecule has 0 bridgehead atoms. The molecule has 3 heteroatoms. The summed E-state index contributed by atoms with van der Waals surface area (Å²) < 4.78 is 5.32. The first-order valence-corrected chi connectivity index (χ1v) is 7.80. The van der Waals surface area contributed by atoms with Crippen LogP contribution >= 0.6 is 0 Å². The molecule has 1 amide bonds. The van der Waals surface area contributed by atoms with Crippen LogP contribution in [0.1, 0.15) is 31.7 Å². The molecule has 3 nitrogen and oxygen atoms in total. The predicted molar refractivity (Wildman–Crippen MR) is 82.9 cm³/mol. The molecule has 2 aliphatic rings. The maximum atomic E-state index is 11.6. The zero-order chi connectivity index (χ0) is 14.8. The Labute approximate surface area is 126 Å². The highest BCUT2D eigenvalue weighted by atomic mass is 16.5. The summed E-state index contributed by atoms with van der Waals surface area (Å²) in [5.74, 6) is 2.74. The van der Waals surface area contributed by atoms with Crippen LogP contribution in [0.25, 0.3) is 0 Å². The van der Waals surface area contributed by atoms with Crippen LogP contribution in [0, 0.1) is 17.8 Å². The lowest BCUT2D eigenvalue weighted by atomic mass is 9.71. The number of carbonyl (C=O) groups is 1. The standard InChI is InChI=1S/C18H23NO2/c1-12-8-14(10-13-4-3-5-15(11-13)21-2)16-6-7-18(20)19-17(16)9-12/h3-5,9,11-12,14,16H,6-8,10H2,1-2H3,(H,19,20)/t12-,14-,16?/m1/s1. The second-order valence-electron chi connectivity index (χ2n) is 6.34. The molecule has 1 saturated heterocycles. The van der Waals surface area contributed by atoms with Crippen molar-refractivity contribution in [2.75, 3.05) is 7.11 Å². The molecule has 1 aliphatic heterocycles. The highest BCUT2D eigenvalue weighted by Crippen LogP contribution is 2.39. The molecule has 1 aromatic rings. The van der Waals surface area contributed by atoms with Crippen LogP contribution < -0.4 is 10.1 Å². The number of rotatable bonds is 3. The summed E-state index contributed by atoms with van der Waals surface area (Å²) in [5, 5.41) is 3.08. The lowest BCUT2D eigenvalue weighted by molar-refractivity contribution is -0.122. The van der Waals surface area contributed by atoms with Gasteiger partial charge < -0.3 is 10.1 Å². The molecule has 0 aromatic heterocycles. The average Bonchev–Trinajstić information content (AvgIpc) is 2.46. The van der Waals surface area contributed by atoms with Gasteiger partial charge >= 0.3 is 0 Å². The molecule has 1 heterocycles. The van der Waals surface area contributed by atoms with E-state index in [1.54, 1.807) is 7.11 Å². The number of benzene rings is 1. The molecule has 3 rings (SSSR count). The van der Waals surface area contributed by atoms with E-state index in [0.29, 0.717) is 24.2 Å². The van der Waals surface area contributed by atoms with Gasteiger partial charge in [-0.15, -0.1) is 0 Å². The number of amides is 1. The van der Waals surface area contributed by atoms with Gasteiger partial charge in [-0.05, 0) is 48.8 Å². The Hall–Kier alpha value is -1.77. The number of allylic oxidation sites excluding steroid dienone is 2. The molecule has 21 heavy (non-hydrogen) atoms. The number of fused-ring (bicyclic) bond motifs is 1. The molecule has 1 aliphatic carbocycles. The molecule has 0 spiro atoms. The number of nitrogens with one attached hydrogen (secondary N) is 1. The summed E-state index contributed by atoms with van der Waals surface area (Å²) in [4.78, 5) is 11.6. The van der Waals surface area contributed by atoms with Crippen molar-refractivity contribution in [1.82, 2.24) is 5.32 Å². The molecule has 3 atom stereocenters. The third-order valence-electron chi connectivity index (χ3n) is 4.71. The zero-order valence-electron chi connectivity index (χ0n) is 12.8. The van der Waals surface area contributed by atoms with Crippen molar-refractivity contribution in [2.24, 2.45) is 17.8 Å². The van der Waals surface area contributed by atoms with E-state index in [9.17, 15) is 4.79 Å². The number of hydrogen-bond acceptors (Lipinski definition) is 2. The highest BCUT2D eigenvalue weighted by Gasteiger charge is 2.34. The van der Waals surface area contributed by atoms with E-state index in [1.165, 1.54) is 12.0 Å². The van der Waals surface area contributed by atoms with Crippen molar-refractivity contribution in [3.05, 3.63) is 41.6 Å². The van der Waals surface area contributed by atoms with Crippen LogP contribution in [-0.4, -0.2) is 13.0 Å². The van der Waals surface area contributed by atoms with Gasteiger partial charge in [-0.2, -0.15) is 0 Å². The van der Waals surface area contributed by atoms with Crippen LogP contribution in [-0.2, 0) is 11.2 Å². The van der Waals surface area contributed by atoms with Crippen LogP contribution in [0.2, 0.25) is 0 Å². The zero-order valence-corrected chi connectivity index (χ0v) is 12.8. The predicted octanol–water partition coefficient (Wildman–Crippen LogP) is 3.30. The van der Waals surface area contributed by atoms with Gasteiger partial charge in [0.15, 0.2) is 0 Å². The summed E-state index contributed by atoms with van der Waals surface area (Å²) in [7, 11) is 1.71. The van der Waals surface area contributed by atoms with Gasteiger partial charge in [0, 0.05) is 18.0 Å². The number of ether oxygens (including phenoxy) is 1. The van der Waals surface area contributed by atoms with E-state index in [1.807, 2.05) is 6.07 Å². The highest BCUT2D eigenvalue weighted by molar-refractivity contribution is 5.79. The third kappa shape index (κ3) is 3.12. The minimum absolute atomic E-state index is 0.173. The third-order valence-corrected chi connectivity index (χ3v) is 4.71. The molecule has 1 unspecified atom stereocenters. The summed E-state index contributed by atoms with van der Waals surface area (Å²) >= 11 is 0. The van der Waals surface area contributed by atoms with Gasteiger partial charge in [0.2, 0.25) is 5.91 Å². The van der Waals surface area contributed by atoms with Crippen LogP contribution in [0.3, 0.4) is 0 Å². The quantitative estimate of drug-likeness (QED) is 0.925. The Morgan fingerprint density at radius 1 is 1.38 bits per heavy atom. The van der Waals surface area contributed by atoms with Crippen molar-refractivity contribution >= 4 is 5.91 Å². The minimum Gasteiger partial charge on any atom is -0.497 e. The summed E-state index contributed by atoms with van der Waals surface area (Å²) in [5.41, 5.74) is 2.49. The molecule has 112 valence electrons. The lowest BCUT2D eigenvalue weighted by Crippen LogP contribution is -2.39. The van der Waals surface area contributed by atoms with Crippen molar-refractivity contribution in [3.63, 3.8) is 0 Å². The van der Waals surface area contributed by atoms with E-state index in [-0.39, 0.29) is 5.91 Å². The van der Waals surface area contributed by atoms with Crippen LogP contribution in [0.15, 0.2) is 36.0 Å². The van der Waals surface area contributed by atoms with Crippen molar-refractivity contribution in [1.29, 1.82) is 0 Å². The number of methoxy groups -OCH3 is 1. The molecule has 1 aromatic carbocycles. The maximum absolute atomic E-state index is 11.6. The summed E-state index contributed by atoms with van der Waals surface area (Å²) in [6.45, 7) is 2.24. The fraction of sp³-hybridized carbons (Fsp3) is 0.500. The van der Waals surface area contributed by atoms with Crippen molar-refractivity contribution < 1.29 is 9.53 Å². The van der Waals surface area contributed by atoms with Gasteiger partial charge in [0.1, 0.15) is 5.75 Å². The average molecular weight is 285 g/mol. The molecule has 0 radical (unpaired) electrons. The van der Waals surface area contributed by atoms with Gasteiger partial charge in [0.05, 0.1) is 7.11 Å². The van der Waals surface area contributed by atoms with E-state index in [4.69, 9.17) is 4.74 Å². The van der Waals surface area contributed by atoms with Gasteiger partial charge in [-0.1, -0.05) is 25.1 Å². The molecular formula is C18H23NO2. The van der Waals surface area contributed by atoms with E-state index in [2.05, 4.69) is 36.5 Å². The number of carbonyl (C=O) groups excluding carboxylic acids is 1. The van der Waals surface area contributed by atoms with Gasteiger partial charge in [-0.25, -0.2) is 0 Å². The van der Waals surface area contributed by atoms with Crippen LogP contribution in [0.5, 0.6) is 5.75 Å². The van der Waals surface area contributed by atoms with E-state index >= 15 is 0 Å². The first-order chi connectivity index (χ1) is 10.2. The summed E-state index contributed by atoms with van der Waals surface area (Å²) in [6, 6.07) is 8.34. The van der Waals surface area contributed by atoms with Gasteiger partial charge in [-0.3, -0.25) is 4.79 Å². The fourth-order valence-electron chi connectivity index (χ4n) is 3.76. The SMILES string of the molecule is COc1cccc(C[C@H]2C[C@@H](C)C=C3NC(=O)CCC32)c1. The summed E-state index contributed by atoms with van der Waals surface area (Å²) in [6.07, 6.45) is 6.15. The second-order valence-corrected chi connectivity index (χ2v) is 6.34.